The highest BCUT2D eigenvalue weighted by atomic mass is 32.2. The summed E-state index contributed by atoms with van der Waals surface area (Å²) in [5.41, 5.74) is -0.271. The predicted molar refractivity (Wildman–Crippen MR) is 80.7 cm³/mol. The van der Waals surface area contributed by atoms with E-state index in [2.05, 4.69) is 10.0 Å². The number of rotatable bonds is 7. The number of hydrogen-bond acceptors (Lipinski definition) is 5. The topological polar surface area (TPSA) is 67.4 Å². The van der Waals surface area contributed by atoms with Gasteiger partial charge in [-0.3, -0.25) is 0 Å². The number of sulfonamides is 1. The zero-order valence-electron chi connectivity index (χ0n) is 11.9. The van der Waals surface area contributed by atoms with Crippen LogP contribution in [0.25, 0.3) is 0 Å². The first-order valence-electron chi connectivity index (χ1n) is 6.84. The average Bonchev–Trinajstić information content (AvgIpc) is 3.07. The second-order valence-electron chi connectivity index (χ2n) is 5.14. The van der Waals surface area contributed by atoms with E-state index in [9.17, 15) is 8.42 Å². The highest BCUT2D eigenvalue weighted by Gasteiger charge is 2.35. The minimum Gasteiger partial charge on any atom is -0.383 e. The van der Waals surface area contributed by atoms with Crippen LogP contribution in [0.15, 0.2) is 16.3 Å². The standard InChI is InChI=1S/C13H22N2O3S2/c1-3-11-5-6-12(19-11)20(16,17)15-9-13(10-18-2)7-4-8-14-13/h5-6,14-15H,3-4,7-10H2,1-2H3. The second-order valence-corrected chi connectivity index (χ2v) is 8.30. The molecule has 7 heteroatoms. The van der Waals surface area contributed by atoms with Crippen molar-refractivity contribution in [3.05, 3.63) is 17.0 Å². The third kappa shape index (κ3) is 3.59. The van der Waals surface area contributed by atoms with Crippen LogP contribution in [0.1, 0.15) is 24.6 Å². The van der Waals surface area contributed by atoms with Gasteiger partial charge in [-0.1, -0.05) is 6.92 Å². The van der Waals surface area contributed by atoms with Crippen LogP contribution in [0.2, 0.25) is 0 Å². The Morgan fingerprint density at radius 2 is 2.30 bits per heavy atom. The molecule has 1 fully saturated rings. The van der Waals surface area contributed by atoms with Gasteiger partial charge >= 0.3 is 0 Å². The summed E-state index contributed by atoms with van der Waals surface area (Å²) in [4.78, 5) is 1.08. The number of methoxy groups -OCH3 is 1. The lowest BCUT2D eigenvalue weighted by atomic mass is 9.99. The van der Waals surface area contributed by atoms with E-state index >= 15 is 0 Å². The lowest BCUT2D eigenvalue weighted by Crippen LogP contribution is -2.52. The van der Waals surface area contributed by atoms with E-state index < -0.39 is 10.0 Å². The van der Waals surface area contributed by atoms with E-state index in [1.54, 1.807) is 13.2 Å². The number of aryl methyl sites for hydroxylation is 1. The molecular formula is C13H22N2O3S2. The van der Waals surface area contributed by atoms with E-state index in [-0.39, 0.29) is 5.54 Å². The van der Waals surface area contributed by atoms with Crippen molar-refractivity contribution < 1.29 is 13.2 Å². The van der Waals surface area contributed by atoms with Crippen LogP contribution in [0.3, 0.4) is 0 Å². The van der Waals surface area contributed by atoms with Crippen LogP contribution in [0.5, 0.6) is 0 Å². The smallest absolute Gasteiger partial charge is 0.250 e. The fourth-order valence-electron chi connectivity index (χ4n) is 2.47. The molecule has 5 nitrogen and oxygen atoms in total. The van der Waals surface area contributed by atoms with E-state index in [4.69, 9.17) is 4.74 Å². The lowest BCUT2D eigenvalue weighted by Gasteiger charge is -2.28. The van der Waals surface area contributed by atoms with Gasteiger partial charge in [-0.2, -0.15) is 0 Å². The molecule has 0 amide bonds. The Hall–Kier alpha value is -0.470. The molecule has 1 aromatic heterocycles. The maximum Gasteiger partial charge on any atom is 0.250 e. The van der Waals surface area contributed by atoms with Gasteiger partial charge in [0.25, 0.3) is 0 Å². The fraction of sp³-hybridized carbons (Fsp3) is 0.692. The summed E-state index contributed by atoms with van der Waals surface area (Å²) in [6.07, 6.45) is 2.83. The van der Waals surface area contributed by atoms with Gasteiger partial charge in [0.2, 0.25) is 10.0 Å². The molecule has 0 aromatic carbocycles. The average molecular weight is 318 g/mol. The van der Waals surface area contributed by atoms with Crippen molar-refractivity contribution in [2.45, 2.75) is 35.9 Å². The Morgan fingerprint density at radius 1 is 1.50 bits per heavy atom. The van der Waals surface area contributed by atoms with Crippen molar-refractivity contribution in [3.63, 3.8) is 0 Å². The van der Waals surface area contributed by atoms with Gasteiger partial charge in [0.05, 0.1) is 12.1 Å². The van der Waals surface area contributed by atoms with Gasteiger partial charge in [0.15, 0.2) is 0 Å². The van der Waals surface area contributed by atoms with Gasteiger partial charge < -0.3 is 10.1 Å². The molecule has 1 atom stereocenters. The Morgan fingerprint density at radius 3 is 2.85 bits per heavy atom. The summed E-state index contributed by atoms with van der Waals surface area (Å²) in [7, 11) is -1.78. The van der Waals surface area contributed by atoms with Crippen molar-refractivity contribution in [2.24, 2.45) is 0 Å². The van der Waals surface area contributed by atoms with Crippen molar-refractivity contribution in [3.8, 4) is 0 Å². The van der Waals surface area contributed by atoms with Gasteiger partial charge in [0.1, 0.15) is 4.21 Å². The van der Waals surface area contributed by atoms with Crippen molar-refractivity contribution in [1.29, 1.82) is 0 Å². The molecule has 0 aliphatic carbocycles. The van der Waals surface area contributed by atoms with Crippen LogP contribution < -0.4 is 10.0 Å². The quantitative estimate of drug-likeness (QED) is 0.796. The third-order valence-corrected chi connectivity index (χ3v) is 6.73. The summed E-state index contributed by atoms with van der Waals surface area (Å²) in [5.74, 6) is 0. The molecule has 1 aliphatic rings. The predicted octanol–water partition coefficient (Wildman–Crippen LogP) is 1.36. The molecule has 20 heavy (non-hydrogen) atoms. The summed E-state index contributed by atoms with van der Waals surface area (Å²) < 4.78 is 32.9. The molecule has 0 bridgehead atoms. The molecular weight excluding hydrogens is 296 g/mol. The number of nitrogens with one attached hydrogen (secondary N) is 2. The van der Waals surface area contributed by atoms with Crippen LogP contribution in [0, 0.1) is 0 Å². The third-order valence-electron chi connectivity index (χ3n) is 3.60. The lowest BCUT2D eigenvalue weighted by molar-refractivity contribution is 0.122. The van der Waals surface area contributed by atoms with Gasteiger partial charge in [-0.25, -0.2) is 13.1 Å². The minimum atomic E-state index is -3.42. The van der Waals surface area contributed by atoms with E-state index in [1.165, 1.54) is 11.3 Å². The molecule has 0 spiro atoms. The normalized spacial score (nSPS) is 23.3. The van der Waals surface area contributed by atoms with Crippen LogP contribution >= 0.6 is 11.3 Å². The molecule has 2 rings (SSSR count). The highest BCUT2D eigenvalue weighted by Crippen LogP contribution is 2.23. The zero-order valence-corrected chi connectivity index (χ0v) is 13.6. The first-order valence-corrected chi connectivity index (χ1v) is 9.14. The number of hydrogen-bond donors (Lipinski definition) is 2. The molecule has 1 saturated heterocycles. The maximum absolute atomic E-state index is 12.3. The molecule has 2 heterocycles. The summed E-state index contributed by atoms with van der Waals surface area (Å²) in [6.45, 7) is 3.80. The molecule has 114 valence electrons. The number of thiophene rings is 1. The molecule has 1 aliphatic heterocycles. The summed E-state index contributed by atoms with van der Waals surface area (Å²) >= 11 is 1.33. The molecule has 2 N–H and O–H groups in total. The SMILES string of the molecule is CCc1ccc(S(=O)(=O)NCC2(COC)CCCN2)s1. The van der Waals surface area contributed by atoms with E-state index in [0.717, 1.165) is 30.7 Å². The monoisotopic (exact) mass is 318 g/mol. The second kappa shape index (κ2) is 6.53. The highest BCUT2D eigenvalue weighted by molar-refractivity contribution is 7.91. The van der Waals surface area contributed by atoms with E-state index in [1.807, 2.05) is 13.0 Å². The Labute approximate surface area is 124 Å². The van der Waals surface area contributed by atoms with E-state index in [0.29, 0.717) is 17.4 Å². The van der Waals surface area contributed by atoms with Crippen molar-refractivity contribution >= 4 is 21.4 Å². The fourth-order valence-corrected chi connectivity index (χ4v) is 4.93. The molecule has 1 unspecified atom stereocenters. The molecule has 1 aromatic rings. The van der Waals surface area contributed by atoms with Gasteiger partial charge in [0, 0.05) is 18.5 Å². The molecule has 0 saturated carbocycles. The minimum absolute atomic E-state index is 0.271. The maximum atomic E-state index is 12.3. The Bertz CT molecular complexity index is 534. The van der Waals surface area contributed by atoms with Crippen LogP contribution in [-0.2, 0) is 21.2 Å². The molecule has 0 radical (unpaired) electrons. The number of ether oxygens (including phenoxy) is 1. The van der Waals surface area contributed by atoms with Gasteiger partial charge in [-0.05, 0) is 37.9 Å². The van der Waals surface area contributed by atoms with Crippen molar-refractivity contribution in [2.75, 3.05) is 26.8 Å². The first-order chi connectivity index (χ1) is 9.51. The van der Waals surface area contributed by atoms with Crippen molar-refractivity contribution in [1.82, 2.24) is 10.0 Å². The zero-order chi connectivity index (χ0) is 14.6. The Kier molecular flexibility index (Phi) is 5.19. The van der Waals surface area contributed by atoms with Crippen LogP contribution in [-0.4, -0.2) is 40.8 Å². The summed E-state index contributed by atoms with van der Waals surface area (Å²) in [5, 5.41) is 3.36. The largest absolute Gasteiger partial charge is 0.383 e. The first kappa shape index (κ1) is 15.9. The summed E-state index contributed by atoms with van der Waals surface area (Å²) in [6, 6.07) is 3.55. The van der Waals surface area contributed by atoms with Crippen LogP contribution in [0.4, 0.5) is 0 Å². The Balaban J connectivity index is 2.04. The van der Waals surface area contributed by atoms with Gasteiger partial charge in [-0.15, -0.1) is 11.3 Å².